The Balaban J connectivity index is 2.00. The smallest absolute Gasteiger partial charge is 0.348 e. The Morgan fingerprint density at radius 1 is 1.21 bits per heavy atom. The van der Waals surface area contributed by atoms with Crippen LogP contribution in [0.15, 0.2) is 54.7 Å². The molecule has 1 aromatic heterocycles. The van der Waals surface area contributed by atoms with E-state index in [0.29, 0.717) is 11.8 Å². The Labute approximate surface area is 163 Å². The summed E-state index contributed by atoms with van der Waals surface area (Å²) in [5.41, 5.74) is 6.94. The molecule has 2 atom stereocenters. The van der Waals surface area contributed by atoms with Gasteiger partial charge in [0.1, 0.15) is 5.75 Å². The highest BCUT2D eigenvalue weighted by molar-refractivity contribution is 5.84. The number of carboxylic acids is 1. The Bertz CT molecular complexity index is 995. The summed E-state index contributed by atoms with van der Waals surface area (Å²) in [5, 5.41) is 11.1. The number of aliphatic carboxylic acids is 1. The number of para-hydroxylation sites is 2. The first-order chi connectivity index (χ1) is 13.4. The number of aldehydes is 1. The third-order valence-corrected chi connectivity index (χ3v) is 5.18. The van der Waals surface area contributed by atoms with Crippen molar-refractivity contribution in [1.82, 2.24) is 4.98 Å². The summed E-state index contributed by atoms with van der Waals surface area (Å²) in [7, 11) is 0. The second kappa shape index (κ2) is 7.86. The fourth-order valence-corrected chi connectivity index (χ4v) is 3.48. The van der Waals surface area contributed by atoms with Crippen LogP contribution in [0.3, 0.4) is 0 Å². The number of carbonyl (C=O) groups excluding carboxylic acids is 1. The lowest BCUT2D eigenvalue weighted by Crippen LogP contribution is -2.51. The Hall–Kier alpha value is -3.12. The van der Waals surface area contributed by atoms with Gasteiger partial charge in [0.2, 0.25) is 5.60 Å². The van der Waals surface area contributed by atoms with Crippen molar-refractivity contribution in [3.8, 4) is 5.75 Å². The number of hydrogen-bond donors (Lipinski definition) is 3. The number of benzene rings is 2. The minimum atomic E-state index is -1.59. The molecule has 0 radical (unpaired) electrons. The normalized spacial score (nSPS) is 14.6. The number of ether oxygens (including phenoxy) is 1. The lowest BCUT2D eigenvalue weighted by Gasteiger charge is -2.36. The molecule has 1 heterocycles. The maximum atomic E-state index is 12.4. The molecule has 0 aliphatic rings. The van der Waals surface area contributed by atoms with E-state index in [4.69, 9.17) is 10.5 Å². The number of fused-ring (bicyclic) bond motifs is 1. The molecule has 6 heteroatoms. The van der Waals surface area contributed by atoms with Crippen LogP contribution in [0.4, 0.5) is 0 Å². The van der Waals surface area contributed by atoms with Crippen molar-refractivity contribution >= 4 is 23.2 Å². The van der Waals surface area contributed by atoms with Crippen LogP contribution in [0.5, 0.6) is 5.75 Å². The molecule has 0 aliphatic heterocycles. The van der Waals surface area contributed by atoms with Crippen LogP contribution in [-0.4, -0.2) is 27.9 Å². The van der Waals surface area contributed by atoms with Gasteiger partial charge in [0.25, 0.3) is 0 Å². The fourth-order valence-electron chi connectivity index (χ4n) is 3.48. The zero-order valence-electron chi connectivity index (χ0n) is 15.9. The van der Waals surface area contributed by atoms with Crippen LogP contribution in [0.2, 0.25) is 0 Å². The van der Waals surface area contributed by atoms with Crippen LogP contribution >= 0.6 is 0 Å². The SMILES string of the molecule is CC(C)C(CC(N)c1c[nH]c2ccccc12)(Oc1ccccc1C=O)C(=O)O. The molecule has 28 heavy (non-hydrogen) atoms. The summed E-state index contributed by atoms with van der Waals surface area (Å²) in [6, 6.07) is 13.7. The number of nitrogens with two attached hydrogens (primary N) is 1. The van der Waals surface area contributed by atoms with E-state index < -0.39 is 17.6 Å². The summed E-state index contributed by atoms with van der Waals surface area (Å²) >= 11 is 0. The average Bonchev–Trinajstić information content (AvgIpc) is 3.11. The van der Waals surface area contributed by atoms with Crippen molar-refractivity contribution < 1.29 is 19.4 Å². The van der Waals surface area contributed by atoms with Crippen molar-refractivity contribution in [3.63, 3.8) is 0 Å². The third kappa shape index (κ3) is 3.51. The molecule has 2 aromatic carbocycles. The van der Waals surface area contributed by atoms with Crippen molar-refractivity contribution in [2.45, 2.75) is 31.9 Å². The maximum absolute atomic E-state index is 12.4. The first kappa shape index (κ1) is 19.6. The van der Waals surface area contributed by atoms with Gasteiger partial charge in [0, 0.05) is 35.5 Å². The van der Waals surface area contributed by atoms with Gasteiger partial charge < -0.3 is 20.6 Å². The largest absolute Gasteiger partial charge is 0.478 e. The number of aromatic amines is 1. The summed E-state index contributed by atoms with van der Waals surface area (Å²) in [6.45, 7) is 3.55. The van der Waals surface area contributed by atoms with Gasteiger partial charge in [-0.2, -0.15) is 0 Å². The van der Waals surface area contributed by atoms with E-state index in [2.05, 4.69) is 4.98 Å². The van der Waals surface area contributed by atoms with E-state index in [9.17, 15) is 14.7 Å². The van der Waals surface area contributed by atoms with E-state index >= 15 is 0 Å². The van der Waals surface area contributed by atoms with Crippen LogP contribution in [0, 0.1) is 5.92 Å². The molecular weight excluding hydrogens is 356 g/mol. The van der Waals surface area contributed by atoms with E-state index in [-0.39, 0.29) is 18.1 Å². The Kier molecular flexibility index (Phi) is 5.51. The second-order valence-electron chi connectivity index (χ2n) is 7.21. The minimum absolute atomic E-state index is 0.0506. The standard InChI is InChI=1S/C22H24N2O4/c1-14(2)22(21(26)27,28-20-10-6-3-7-15(20)13-25)11-18(23)17-12-24-19-9-5-4-8-16(17)19/h3-10,12-14,18,24H,11,23H2,1-2H3,(H,26,27). The van der Waals surface area contributed by atoms with Gasteiger partial charge >= 0.3 is 5.97 Å². The van der Waals surface area contributed by atoms with Crippen LogP contribution in [0.1, 0.15) is 42.2 Å². The van der Waals surface area contributed by atoms with Crippen LogP contribution in [-0.2, 0) is 4.79 Å². The molecule has 2 unspecified atom stereocenters. The molecular formula is C22H24N2O4. The van der Waals surface area contributed by atoms with Gasteiger partial charge in [0.05, 0.1) is 5.56 Å². The van der Waals surface area contributed by atoms with Gasteiger partial charge in [0.15, 0.2) is 6.29 Å². The fraction of sp³-hybridized carbons (Fsp3) is 0.273. The molecule has 0 saturated carbocycles. The van der Waals surface area contributed by atoms with Crippen molar-refractivity contribution in [2.75, 3.05) is 0 Å². The molecule has 3 rings (SSSR count). The van der Waals surface area contributed by atoms with E-state index in [0.717, 1.165) is 16.5 Å². The van der Waals surface area contributed by atoms with Crippen molar-refractivity contribution in [3.05, 3.63) is 65.9 Å². The topological polar surface area (TPSA) is 105 Å². The van der Waals surface area contributed by atoms with E-state index in [1.54, 1.807) is 38.1 Å². The number of aromatic nitrogens is 1. The number of H-pyrrole nitrogens is 1. The molecule has 0 aliphatic carbocycles. The zero-order chi connectivity index (χ0) is 20.3. The lowest BCUT2D eigenvalue weighted by molar-refractivity contribution is -0.161. The first-order valence-electron chi connectivity index (χ1n) is 9.17. The van der Waals surface area contributed by atoms with Gasteiger partial charge in [-0.1, -0.05) is 44.2 Å². The van der Waals surface area contributed by atoms with E-state index in [1.807, 2.05) is 30.5 Å². The Morgan fingerprint density at radius 2 is 1.89 bits per heavy atom. The summed E-state index contributed by atoms with van der Waals surface area (Å²) in [6.07, 6.45) is 2.51. The number of carbonyl (C=O) groups is 2. The number of nitrogens with one attached hydrogen (secondary N) is 1. The molecule has 6 nitrogen and oxygen atoms in total. The Morgan fingerprint density at radius 3 is 2.57 bits per heavy atom. The molecule has 0 amide bonds. The summed E-state index contributed by atoms with van der Waals surface area (Å²) in [5.74, 6) is -1.26. The highest BCUT2D eigenvalue weighted by atomic mass is 16.5. The molecule has 0 fully saturated rings. The molecule has 0 bridgehead atoms. The highest BCUT2D eigenvalue weighted by Crippen LogP contribution is 2.36. The molecule has 0 saturated heterocycles. The quantitative estimate of drug-likeness (QED) is 0.514. The number of hydrogen-bond acceptors (Lipinski definition) is 4. The lowest BCUT2D eigenvalue weighted by atomic mass is 9.82. The average molecular weight is 380 g/mol. The van der Waals surface area contributed by atoms with Gasteiger partial charge in [-0.25, -0.2) is 4.79 Å². The van der Waals surface area contributed by atoms with Crippen LogP contribution < -0.4 is 10.5 Å². The van der Waals surface area contributed by atoms with Crippen LogP contribution in [0.25, 0.3) is 10.9 Å². The zero-order valence-corrected chi connectivity index (χ0v) is 15.9. The van der Waals surface area contributed by atoms with Crippen molar-refractivity contribution in [1.29, 1.82) is 0 Å². The van der Waals surface area contributed by atoms with Gasteiger partial charge in [-0.05, 0) is 23.8 Å². The van der Waals surface area contributed by atoms with E-state index in [1.165, 1.54) is 0 Å². The van der Waals surface area contributed by atoms with Crippen molar-refractivity contribution in [2.24, 2.45) is 11.7 Å². The third-order valence-electron chi connectivity index (χ3n) is 5.18. The predicted octanol–water partition coefficient (Wildman–Crippen LogP) is 3.93. The maximum Gasteiger partial charge on any atom is 0.348 e. The summed E-state index contributed by atoms with van der Waals surface area (Å²) in [4.78, 5) is 26.9. The second-order valence-corrected chi connectivity index (χ2v) is 7.21. The highest BCUT2D eigenvalue weighted by Gasteiger charge is 2.46. The molecule has 0 spiro atoms. The van der Waals surface area contributed by atoms with Gasteiger partial charge in [-0.15, -0.1) is 0 Å². The molecule has 4 N–H and O–H groups in total. The predicted molar refractivity (Wildman–Crippen MR) is 108 cm³/mol. The minimum Gasteiger partial charge on any atom is -0.478 e. The number of carboxylic acid groups (broad SMARTS) is 1. The first-order valence-corrected chi connectivity index (χ1v) is 9.17. The number of rotatable bonds is 8. The monoisotopic (exact) mass is 380 g/mol. The summed E-state index contributed by atoms with van der Waals surface area (Å²) < 4.78 is 6.01. The molecule has 146 valence electrons. The molecule has 3 aromatic rings. The van der Waals surface area contributed by atoms with Gasteiger partial charge in [-0.3, -0.25) is 4.79 Å².